The smallest absolute Gasteiger partial charge is 0.359 e. The number of hydrogen-bond donors (Lipinski definition) is 1. The molecular weight excluding hydrogens is 376 g/mol. The molecule has 144 valence electrons. The van der Waals surface area contributed by atoms with Crippen molar-refractivity contribution in [1.82, 2.24) is 14.3 Å². The van der Waals surface area contributed by atoms with Crippen molar-refractivity contribution >= 4 is 27.6 Å². The summed E-state index contributed by atoms with van der Waals surface area (Å²) in [6.07, 6.45) is 3.92. The van der Waals surface area contributed by atoms with Crippen molar-refractivity contribution in [3.05, 3.63) is 42.5 Å². The molecule has 11 heteroatoms. The van der Waals surface area contributed by atoms with Crippen LogP contribution in [-0.2, 0) is 19.6 Å². The first-order valence-corrected chi connectivity index (χ1v) is 9.03. The fraction of sp³-hybridized carbons (Fsp3) is 0.250. The van der Waals surface area contributed by atoms with Crippen LogP contribution in [0.4, 0.5) is 5.69 Å². The number of methoxy groups -OCH3 is 1. The summed E-state index contributed by atoms with van der Waals surface area (Å²) in [4.78, 5) is 31.3. The summed E-state index contributed by atoms with van der Waals surface area (Å²) in [5, 5.41) is 2.46. The van der Waals surface area contributed by atoms with Gasteiger partial charge in [0.25, 0.3) is 5.91 Å². The first-order valence-electron chi connectivity index (χ1n) is 7.59. The molecule has 0 unspecified atom stereocenters. The third kappa shape index (κ3) is 4.99. The predicted molar refractivity (Wildman–Crippen MR) is 94.8 cm³/mol. The van der Waals surface area contributed by atoms with Crippen molar-refractivity contribution in [2.45, 2.75) is 4.90 Å². The van der Waals surface area contributed by atoms with Gasteiger partial charge in [0.05, 0.1) is 23.9 Å². The number of anilines is 1. The largest absolute Gasteiger partial charge is 0.495 e. The Hall–Kier alpha value is -3.05. The summed E-state index contributed by atoms with van der Waals surface area (Å²) < 4.78 is 35.5. The standard InChI is InChI=1S/C16H18N4O6S/c1-20(2)27(23,24)11-4-5-14(25-3)12(8-11)19-15(21)10-26-16(22)13-9-17-6-7-18-13/h4-9H,10H2,1-3H3,(H,19,21). The molecule has 10 nitrogen and oxygen atoms in total. The Morgan fingerprint density at radius 3 is 2.56 bits per heavy atom. The second-order valence-corrected chi connectivity index (χ2v) is 7.52. The molecule has 0 atom stereocenters. The maximum atomic E-state index is 12.2. The summed E-state index contributed by atoms with van der Waals surface area (Å²) in [7, 11) is 0.463. The second kappa shape index (κ2) is 8.56. The monoisotopic (exact) mass is 394 g/mol. The van der Waals surface area contributed by atoms with Crippen molar-refractivity contribution in [2.24, 2.45) is 0 Å². The van der Waals surface area contributed by atoms with Crippen LogP contribution >= 0.6 is 0 Å². The number of esters is 1. The van der Waals surface area contributed by atoms with Crippen molar-refractivity contribution in [2.75, 3.05) is 33.1 Å². The van der Waals surface area contributed by atoms with Crippen LogP contribution in [-0.4, -0.2) is 62.4 Å². The highest BCUT2D eigenvalue weighted by Gasteiger charge is 2.20. The van der Waals surface area contributed by atoms with Gasteiger partial charge in [-0.1, -0.05) is 0 Å². The van der Waals surface area contributed by atoms with Crippen LogP contribution in [0.3, 0.4) is 0 Å². The highest BCUT2D eigenvalue weighted by atomic mass is 32.2. The number of carbonyl (C=O) groups excluding carboxylic acids is 2. The van der Waals surface area contributed by atoms with Gasteiger partial charge in [0.15, 0.2) is 12.3 Å². The van der Waals surface area contributed by atoms with E-state index >= 15 is 0 Å². The average molecular weight is 394 g/mol. The molecular formula is C16H18N4O6S. The Kier molecular flexibility index (Phi) is 6.42. The number of sulfonamides is 1. The molecule has 0 aliphatic heterocycles. The first-order chi connectivity index (χ1) is 12.8. The van der Waals surface area contributed by atoms with E-state index in [4.69, 9.17) is 9.47 Å². The SMILES string of the molecule is COc1ccc(S(=O)(=O)N(C)C)cc1NC(=O)COC(=O)c1cnccn1. The Labute approximate surface area is 156 Å². The molecule has 2 aromatic rings. The van der Waals surface area contributed by atoms with Crippen molar-refractivity contribution in [3.8, 4) is 5.75 Å². The van der Waals surface area contributed by atoms with Gasteiger partial charge in [-0.25, -0.2) is 22.5 Å². The van der Waals surface area contributed by atoms with E-state index < -0.39 is 28.5 Å². The third-order valence-electron chi connectivity index (χ3n) is 3.33. The lowest BCUT2D eigenvalue weighted by Gasteiger charge is -2.15. The lowest BCUT2D eigenvalue weighted by Crippen LogP contribution is -2.23. The lowest BCUT2D eigenvalue weighted by atomic mass is 10.3. The Balaban J connectivity index is 2.11. The summed E-state index contributed by atoms with van der Waals surface area (Å²) in [5.74, 6) is -1.24. The van der Waals surface area contributed by atoms with Gasteiger partial charge < -0.3 is 14.8 Å². The summed E-state index contributed by atoms with van der Waals surface area (Å²) in [5.41, 5.74) is 0.0860. The third-order valence-corrected chi connectivity index (χ3v) is 5.14. The van der Waals surface area contributed by atoms with Gasteiger partial charge in [0.1, 0.15) is 5.75 Å². The highest BCUT2D eigenvalue weighted by Crippen LogP contribution is 2.28. The Bertz CT molecular complexity index is 931. The van der Waals surface area contributed by atoms with E-state index in [1.807, 2.05) is 0 Å². The van der Waals surface area contributed by atoms with Crippen LogP contribution in [0.25, 0.3) is 0 Å². The van der Waals surface area contributed by atoms with Gasteiger partial charge in [0, 0.05) is 26.5 Å². The zero-order chi connectivity index (χ0) is 20.0. The normalized spacial score (nSPS) is 11.1. The molecule has 2 rings (SSSR count). The number of ether oxygens (including phenoxy) is 2. The van der Waals surface area contributed by atoms with Gasteiger partial charge in [-0.3, -0.25) is 9.78 Å². The van der Waals surface area contributed by atoms with Crippen LogP contribution < -0.4 is 10.1 Å². The maximum absolute atomic E-state index is 12.2. The Morgan fingerprint density at radius 2 is 1.96 bits per heavy atom. The van der Waals surface area contributed by atoms with E-state index in [2.05, 4.69) is 15.3 Å². The molecule has 0 spiro atoms. The molecule has 1 aromatic heterocycles. The fourth-order valence-electron chi connectivity index (χ4n) is 1.95. The van der Waals surface area contributed by atoms with Crippen molar-refractivity contribution in [3.63, 3.8) is 0 Å². The summed E-state index contributed by atoms with van der Waals surface area (Å²) >= 11 is 0. The summed E-state index contributed by atoms with van der Waals surface area (Å²) in [6, 6.07) is 4.03. The Morgan fingerprint density at radius 1 is 1.22 bits per heavy atom. The minimum Gasteiger partial charge on any atom is -0.495 e. The molecule has 1 amide bonds. The predicted octanol–water partition coefficient (Wildman–Crippen LogP) is 0.531. The number of nitrogens with zero attached hydrogens (tertiary/aromatic N) is 3. The van der Waals surface area contributed by atoms with E-state index in [1.165, 1.54) is 58.0 Å². The number of rotatable bonds is 7. The molecule has 1 heterocycles. The van der Waals surface area contributed by atoms with Crippen molar-refractivity contribution in [1.29, 1.82) is 0 Å². The maximum Gasteiger partial charge on any atom is 0.359 e. The van der Waals surface area contributed by atoms with Gasteiger partial charge in [-0.05, 0) is 18.2 Å². The van der Waals surface area contributed by atoms with Crippen molar-refractivity contribution < 1.29 is 27.5 Å². The molecule has 27 heavy (non-hydrogen) atoms. The number of benzene rings is 1. The number of aromatic nitrogens is 2. The van der Waals surface area contributed by atoms with E-state index in [-0.39, 0.29) is 22.0 Å². The molecule has 0 aliphatic carbocycles. The van der Waals surface area contributed by atoms with Gasteiger partial charge in [-0.15, -0.1) is 0 Å². The lowest BCUT2D eigenvalue weighted by molar-refractivity contribution is -0.119. The number of carbonyl (C=O) groups is 2. The van der Waals surface area contributed by atoms with Crippen LogP contribution in [0.5, 0.6) is 5.75 Å². The highest BCUT2D eigenvalue weighted by molar-refractivity contribution is 7.89. The molecule has 0 saturated heterocycles. The van der Waals surface area contributed by atoms with Crippen LogP contribution in [0, 0.1) is 0 Å². The molecule has 1 N–H and O–H groups in total. The fourth-order valence-corrected chi connectivity index (χ4v) is 2.88. The zero-order valence-corrected chi connectivity index (χ0v) is 15.7. The van der Waals surface area contributed by atoms with Crippen LogP contribution in [0.2, 0.25) is 0 Å². The quantitative estimate of drug-likeness (QED) is 0.674. The average Bonchev–Trinajstić information content (AvgIpc) is 2.66. The van der Waals surface area contributed by atoms with E-state index in [9.17, 15) is 18.0 Å². The van der Waals surface area contributed by atoms with E-state index in [0.717, 1.165) is 4.31 Å². The molecule has 0 aliphatic rings. The minimum atomic E-state index is -3.70. The minimum absolute atomic E-state index is 0.0276. The zero-order valence-electron chi connectivity index (χ0n) is 14.9. The molecule has 0 bridgehead atoms. The number of hydrogen-bond acceptors (Lipinski definition) is 8. The summed E-state index contributed by atoms with van der Waals surface area (Å²) in [6.45, 7) is -0.594. The van der Waals surface area contributed by atoms with Crippen LogP contribution in [0.1, 0.15) is 10.5 Å². The van der Waals surface area contributed by atoms with E-state index in [1.54, 1.807) is 0 Å². The molecule has 0 saturated carbocycles. The molecule has 0 fully saturated rings. The molecule has 0 radical (unpaired) electrons. The van der Waals surface area contributed by atoms with Gasteiger partial charge in [-0.2, -0.15) is 0 Å². The number of nitrogens with one attached hydrogen (secondary N) is 1. The van der Waals surface area contributed by atoms with Gasteiger partial charge >= 0.3 is 5.97 Å². The second-order valence-electron chi connectivity index (χ2n) is 5.36. The topological polar surface area (TPSA) is 128 Å². The number of amides is 1. The molecule has 1 aromatic carbocycles. The first kappa shape index (κ1) is 20.3. The van der Waals surface area contributed by atoms with Gasteiger partial charge in [0.2, 0.25) is 10.0 Å². The van der Waals surface area contributed by atoms with E-state index in [0.29, 0.717) is 0 Å². The van der Waals surface area contributed by atoms with Crippen LogP contribution in [0.15, 0.2) is 41.7 Å².